The molecule has 1 amide bonds. The maximum absolute atomic E-state index is 12.6. The Kier molecular flexibility index (Phi) is 5.58. The number of aryl methyl sites for hydroxylation is 1. The summed E-state index contributed by atoms with van der Waals surface area (Å²) in [5, 5.41) is 4.19. The van der Waals surface area contributed by atoms with Gasteiger partial charge in [-0.15, -0.1) is 11.3 Å². The smallest absolute Gasteiger partial charge is 0.265 e. The highest BCUT2D eigenvalue weighted by molar-refractivity contribution is 7.18. The lowest BCUT2D eigenvalue weighted by atomic mass is 10.1. The topological polar surface area (TPSA) is 54.5 Å². The van der Waals surface area contributed by atoms with Gasteiger partial charge in [0.25, 0.3) is 5.91 Å². The first kappa shape index (κ1) is 17.7. The van der Waals surface area contributed by atoms with Crippen molar-refractivity contribution in [1.82, 2.24) is 4.98 Å². The van der Waals surface area contributed by atoms with Crippen molar-refractivity contribution in [3.8, 4) is 5.88 Å². The molecular formula is C19H25N3O2S. The van der Waals surface area contributed by atoms with Crippen LogP contribution in [0.15, 0.2) is 24.4 Å². The van der Waals surface area contributed by atoms with Gasteiger partial charge in [0.2, 0.25) is 5.88 Å². The number of carbonyl (C=O) groups excluding carboxylic acids is 1. The van der Waals surface area contributed by atoms with E-state index in [2.05, 4.69) is 35.1 Å². The molecular weight excluding hydrogens is 334 g/mol. The molecule has 3 heterocycles. The number of nitrogens with zero attached hydrogens (tertiary/aromatic N) is 2. The normalized spacial score (nSPS) is 14.2. The Hall–Kier alpha value is -2.08. The van der Waals surface area contributed by atoms with Gasteiger partial charge >= 0.3 is 0 Å². The number of hydrogen-bond acceptors (Lipinski definition) is 5. The Morgan fingerprint density at radius 1 is 1.40 bits per heavy atom. The fourth-order valence-corrected chi connectivity index (χ4v) is 4.22. The van der Waals surface area contributed by atoms with Crippen LogP contribution in [0.1, 0.15) is 41.9 Å². The van der Waals surface area contributed by atoms with Crippen LogP contribution in [0.2, 0.25) is 0 Å². The van der Waals surface area contributed by atoms with Crippen molar-refractivity contribution >= 4 is 27.9 Å². The number of amides is 1. The van der Waals surface area contributed by atoms with Crippen LogP contribution in [0.3, 0.4) is 0 Å². The second kappa shape index (κ2) is 7.87. The molecule has 5 nitrogen and oxygen atoms in total. The first-order valence-electron chi connectivity index (χ1n) is 8.76. The molecule has 6 heteroatoms. The van der Waals surface area contributed by atoms with Gasteiger partial charge in [-0.3, -0.25) is 4.79 Å². The Labute approximate surface area is 153 Å². The van der Waals surface area contributed by atoms with E-state index in [1.807, 2.05) is 0 Å². The third-order valence-corrected chi connectivity index (χ3v) is 5.45. The Morgan fingerprint density at radius 2 is 2.24 bits per heavy atom. The lowest BCUT2D eigenvalue weighted by Gasteiger charge is -2.24. The Morgan fingerprint density at radius 3 is 2.92 bits per heavy atom. The summed E-state index contributed by atoms with van der Waals surface area (Å²) >= 11 is 1.60. The summed E-state index contributed by atoms with van der Waals surface area (Å²) in [4.78, 5) is 20.0. The van der Waals surface area contributed by atoms with Crippen LogP contribution < -0.4 is 15.0 Å². The lowest BCUT2D eigenvalue weighted by molar-refractivity contribution is 0.103. The number of methoxy groups -OCH3 is 1. The van der Waals surface area contributed by atoms with Gasteiger partial charge < -0.3 is 15.0 Å². The number of thiophene rings is 1. The zero-order chi connectivity index (χ0) is 17.8. The summed E-state index contributed by atoms with van der Waals surface area (Å²) in [7, 11) is 1.57. The number of carbonyl (C=O) groups is 1. The van der Waals surface area contributed by atoms with Gasteiger partial charge in [0.1, 0.15) is 0 Å². The van der Waals surface area contributed by atoms with E-state index in [4.69, 9.17) is 4.74 Å². The number of fused-ring (bicyclic) bond motifs is 1. The standard InChI is InChI=1S/C19H25N3O2S/c1-13(2)12-22-9-5-4-6-14-10-16(25-19(14)22)18(23)21-15-7-8-17(24-3)20-11-15/h7-8,10-11,13H,4-6,9,12H2,1-3H3,(H,21,23). The van der Waals surface area contributed by atoms with Crippen molar-refractivity contribution in [3.63, 3.8) is 0 Å². The number of anilines is 2. The van der Waals surface area contributed by atoms with Crippen molar-refractivity contribution < 1.29 is 9.53 Å². The molecule has 0 aliphatic carbocycles. The Balaban J connectivity index is 1.77. The second-order valence-electron chi connectivity index (χ2n) is 6.78. The summed E-state index contributed by atoms with van der Waals surface area (Å²) in [5.41, 5.74) is 1.98. The fraction of sp³-hybridized carbons (Fsp3) is 0.474. The molecule has 0 radical (unpaired) electrons. The Bertz CT molecular complexity index is 725. The van der Waals surface area contributed by atoms with Crippen molar-refractivity contribution in [2.45, 2.75) is 33.1 Å². The molecule has 134 valence electrons. The van der Waals surface area contributed by atoms with E-state index in [-0.39, 0.29) is 5.91 Å². The van der Waals surface area contributed by atoms with Gasteiger partial charge in [-0.25, -0.2) is 4.98 Å². The quantitative estimate of drug-likeness (QED) is 0.869. The van der Waals surface area contributed by atoms with Crippen molar-refractivity contribution in [3.05, 3.63) is 34.8 Å². The lowest BCUT2D eigenvalue weighted by Crippen LogP contribution is -2.27. The molecule has 3 rings (SSSR count). The maximum Gasteiger partial charge on any atom is 0.265 e. The predicted octanol–water partition coefficient (Wildman–Crippen LogP) is 4.20. The molecule has 1 aliphatic rings. The minimum Gasteiger partial charge on any atom is -0.481 e. The predicted molar refractivity (Wildman–Crippen MR) is 103 cm³/mol. The molecule has 0 saturated heterocycles. The van der Waals surface area contributed by atoms with Crippen LogP contribution >= 0.6 is 11.3 Å². The molecule has 25 heavy (non-hydrogen) atoms. The number of hydrogen-bond donors (Lipinski definition) is 1. The zero-order valence-corrected chi connectivity index (χ0v) is 15.9. The average molecular weight is 359 g/mol. The van der Waals surface area contributed by atoms with Crippen LogP contribution in [0.25, 0.3) is 0 Å². The van der Waals surface area contributed by atoms with Crippen LogP contribution in [-0.2, 0) is 6.42 Å². The molecule has 0 unspecified atom stereocenters. The van der Waals surface area contributed by atoms with Crippen LogP contribution in [0.5, 0.6) is 5.88 Å². The minimum absolute atomic E-state index is 0.0745. The third-order valence-electron chi connectivity index (χ3n) is 4.21. The summed E-state index contributed by atoms with van der Waals surface area (Å²) in [6, 6.07) is 5.60. The van der Waals surface area contributed by atoms with E-state index in [0.717, 1.165) is 24.4 Å². The fourth-order valence-electron chi connectivity index (χ4n) is 3.08. The highest BCUT2D eigenvalue weighted by atomic mass is 32.1. The number of nitrogens with one attached hydrogen (secondary N) is 1. The van der Waals surface area contributed by atoms with Crippen LogP contribution in [0, 0.1) is 5.92 Å². The van der Waals surface area contributed by atoms with Crippen molar-refractivity contribution in [1.29, 1.82) is 0 Å². The van der Waals surface area contributed by atoms with Gasteiger partial charge in [0.05, 0.1) is 28.9 Å². The summed E-state index contributed by atoms with van der Waals surface area (Å²) in [6.07, 6.45) is 5.06. The number of rotatable bonds is 5. The van der Waals surface area contributed by atoms with E-state index in [1.54, 1.807) is 36.8 Å². The summed E-state index contributed by atoms with van der Waals surface area (Å²) < 4.78 is 5.04. The minimum atomic E-state index is -0.0745. The van der Waals surface area contributed by atoms with E-state index in [0.29, 0.717) is 17.5 Å². The molecule has 0 saturated carbocycles. The molecule has 2 aromatic heterocycles. The highest BCUT2D eigenvalue weighted by Crippen LogP contribution is 2.36. The highest BCUT2D eigenvalue weighted by Gasteiger charge is 2.22. The maximum atomic E-state index is 12.6. The third kappa shape index (κ3) is 4.31. The van der Waals surface area contributed by atoms with E-state index >= 15 is 0 Å². The van der Waals surface area contributed by atoms with Gasteiger partial charge in [-0.2, -0.15) is 0 Å². The largest absolute Gasteiger partial charge is 0.481 e. The number of pyridine rings is 1. The molecule has 0 spiro atoms. The van der Waals surface area contributed by atoms with Crippen molar-refractivity contribution in [2.75, 3.05) is 30.4 Å². The SMILES string of the molecule is COc1ccc(NC(=O)c2cc3c(s2)N(CC(C)C)CCCC3)cn1. The van der Waals surface area contributed by atoms with Gasteiger partial charge in [0.15, 0.2) is 0 Å². The summed E-state index contributed by atoms with van der Waals surface area (Å²) in [5.74, 6) is 1.07. The van der Waals surface area contributed by atoms with E-state index in [1.165, 1.54) is 23.4 Å². The molecule has 1 N–H and O–H groups in total. The number of aromatic nitrogens is 1. The average Bonchev–Trinajstić information content (AvgIpc) is 2.94. The molecule has 0 atom stereocenters. The molecule has 1 aliphatic heterocycles. The number of ether oxygens (including phenoxy) is 1. The molecule has 2 aromatic rings. The van der Waals surface area contributed by atoms with Crippen LogP contribution in [0.4, 0.5) is 10.7 Å². The van der Waals surface area contributed by atoms with Gasteiger partial charge in [-0.1, -0.05) is 13.8 Å². The molecule has 0 fully saturated rings. The molecule has 0 aromatic carbocycles. The monoisotopic (exact) mass is 359 g/mol. The second-order valence-corrected chi connectivity index (χ2v) is 7.81. The van der Waals surface area contributed by atoms with Gasteiger partial charge in [0, 0.05) is 19.2 Å². The first-order chi connectivity index (χ1) is 12.1. The van der Waals surface area contributed by atoms with E-state index in [9.17, 15) is 4.79 Å². The first-order valence-corrected chi connectivity index (χ1v) is 9.57. The summed E-state index contributed by atoms with van der Waals surface area (Å²) in [6.45, 7) is 6.59. The van der Waals surface area contributed by atoms with Crippen molar-refractivity contribution in [2.24, 2.45) is 5.92 Å². The van der Waals surface area contributed by atoms with E-state index < -0.39 is 0 Å². The van der Waals surface area contributed by atoms with Crippen LogP contribution in [-0.4, -0.2) is 31.1 Å². The zero-order valence-electron chi connectivity index (χ0n) is 15.0. The van der Waals surface area contributed by atoms with Gasteiger partial charge in [-0.05, 0) is 42.9 Å². The molecule has 0 bridgehead atoms.